The summed E-state index contributed by atoms with van der Waals surface area (Å²) in [6.07, 6.45) is 0. The van der Waals surface area contributed by atoms with Crippen molar-refractivity contribution < 1.29 is 8.78 Å². The molecule has 0 fully saturated rings. The van der Waals surface area contributed by atoms with Crippen molar-refractivity contribution in [3.05, 3.63) is 58.6 Å². The van der Waals surface area contributed by atoms with Crippen LogP contribution in [0.3, 0.4) is 0 Å². The molecule has 0 amide bonds. The lowest BCUT2D eigenvalue weighted by atomic mass is 10.1. The van der Waals surface area contributed by atoms with E-state index in [-0.39, 0.29) is 6.04 Å². The zero-order chi connectivity index (χ0) is 15.6. The van der Waals surface area contributed by atoms with Crippen LogP contribution in [0.2, 0.25) is 5.02 Å². The average Bonchev–Trinajstić information content (AvgIpc) is 2.41. The van der Waals surface area contributed by atoms with Crippen molar-refractivity contribution in [2.45, 2.75) is 13.0 Å². The Morgan fingerprint density at radius 2 is 1.76 bits per heavy atom. The summed E-state index contributed by atoms with van der Waals surface area (Å²) >= 11 is 6.03. The molecule has 2 rings (SSSR count). The summed E-state index contributed by atoms with van der Waals surface area (Å²) in [5.41, 5.74) is 2.47. The van der Waals surface area contributed by atoms with E-state index in [1.54, 1.807) is 6.07 Å². The number of benzene rings is 2. The first-order valence-electron chi connectivity index (χ1n) is 6.57. The zero-order valence-corrected chi connectivity index (χ0v) is 12.9. The minimum Gasteiger partial charge on any atom is -0.377 e. The lowest BCUT2D eigenvalue weighted by Crippen LogP contribution is -2.14. The number of anilines is 2. The van der Waals surface area contributed by atoms with Crippen LogP contribution >= 0.6 is 11.6 Å². The highest BCUT2D eigenvalue weighted by Crippen LogP contribution is 2.31. The van der Waals surface area contributed by atoms with Gasteiger partial charge in [-0.05, 0) is 42.8 Å². The molecule has 21 heavy (non-hydrogen) atoms. The molecule has 2 aromatic rings. The predicted molar refractivity (Wildman–Crippen MR) is 84.2 cm³/mol. The van der Waals surface area contributed by atoms with E-state index >= 15 is 0 Å². The second-order valence-electron chi connectivity index (χ2n) is 5.10. The van der Waals surface area contributed by atoms with Crippen molar-refractivity contribution in [2.75, 3.05) is 24.3 Å². The lowest BCUT2D eigenvalue weighted by Gasteiger charge is -2.22. The Morgan fingerprint density at radius 1 is 1.05 bits per heavy atom. The van der Waals surface area contributed by atoms with Crippen molar-refractivity contribution in [2.24, 2.45) is 0 Å². The van der Waals surface area contributed by atoms with Gasteiger partial charge in [-0.25, -0.2) is 8.78 Å². The van der Waals surface area contributed by atoms with Crippen LogP contribution in [0.15, 0.2) is 36.4 Å². The van der Waals surface area contributed by atoms with Crippen LogP contribution in [-0.4, -0.2) is 14.1 Å². The SMILES string of the molecule is CC(Nc1cc(Cl)ccc1N(C)C)c1ccc(F)c(F)c1. The molecule has 0 spiro atoms. The van der Waals surface area contributed by atoms with Crippen LogP contribution in [-0.2, 0) is 0 Å². The molecule has 1 atom stereocenters. The lowest BCUT2D eigenvalue weighted by molar-refractivity contribution is 0.506. The van der Waals surface area contributed by atoms with Gasteiger partial charge in [0.2, 0.25) is 0 Å². The van der Waals surface area contributed by atoms with E-state index in [0.29, 0.717) is 10.6 Å². The highest BCUT2D eigenvalue weighted by atomic mass is 35.5. The monoisotopic (exact) mass is 310 g/mol. The molecule has 5 heteroatoms. The standard InChI is InChI=1S/C16H17ClF2N2/c1-10(11-4-6-13(18)14(19)8-11)20-15-9-12(17)5-7-16(15)21(2)3/h4-10,20H,1-3H3. The number of nitrogens with one attached hydrogen (secondary N) is 1. The van der Waals surface area contributed by atoms with E-state index in [1.165, 1.54) is 6.07 Å². The maximum atomic E-state index is 13.3. The Balaban J connectivity index is 2.28. The van der Waals surface area contributed by atoms with Crippen LogP contribution in [0, 0.1) is 11.6 Å². The maximum Gasteiger partial charge on any atom is 0.159 e. The zero-order valence-electron chi connectivity index (χ0n) is 12.1. The Labute approximate surface area is 128 Å². The fraction of sp³-hybridized carbons (Fsp3) is 0.250. The van der Waals surface area contributed by atoms with Crippen LogP contribution in [0.1, 0.15) is 18.5 Å². The van der Waals surface area contributed by atoms with E-state index in [2.05, 4.69) is 5.32 Å². The Hall–Kier alpha value is -1.81. The molecule has 0 saturated heterocycles. The summed E-state index contributed by atoms with van der Waals surface area (Å²) in [7, 11) is 3.85. The highest BCUT2D eigenvalue weighted by Gasteiger charge is 2.12. The van der Waals surface area contributed by atoms with Crippen molar-refractivity contribution in [3.8, 4) is 0 Å². The topological polar surface area (TPSA) is 15.3 Å². The van der Waals surface area contributed by atoms with Gasteiger partial charge in [-0.2, -0.15) is 0 Å². The number of hydrogen-bond donors (Lipinski definition) is 1. The number of rotatable bonds is 4. The number of hydrogen-bond acceptors (Lipinski definition) is 2. The molecule has 0 aromatic heterocycles. The fourth-order valence-corrected chi connectivity index (χ4v) is 2.28. The first-order chi connectivity index (χ1) is 9.88. The van der Waals surface area contributed by atoms with Crippen LogP contribution in [0.5, 0.6) is 0 Å². The van der Waals surface area contributed by atoms with Crippen LogP contribution in [0.25, 0.3) is 0 Å². The van der Waals surface area contributed by atoms with Crippen LogP contribution < -0.4 is 10.2 Å². The van der Waals surface area contributed by atoms with Gasteiger partial charge in [-0.1, -0.05) is 17.7 Å². The van der Waals surface area contributed by atoms with Crippen molar-refractivity contribution in [1.82, 2.24) is 0 Å². The third-order valence-corrected chi connectivity index (χ3v) is 3.49. The average molecular weight is 311 g/mol. The van der Waals surface area contributed by atoms with Crippen molar-refractivity contribution in [3.63, 3.8) is 0 Å². The summed E-state index contributed by atoms with van der Waals surface area (Å²) < 4.78 is 26.3. The van der Waals surface area contributed by atoms with Gasteiger partial charge in [0.25, 0.3) is 0 Å². The predicted octanol–water partition coefficient (Wildman–Crippen LogP) is 4.86. The minimum absolute atomic E-state index is 0.183. The first kappa shape index (κ1) is 15.6. The molecule has 2 aromatic carbocycles. The molecular formula is C16H17ClF2N2. The molecule has 0 aliphatic carbocycles. The molecule has 112 valence electrons. The van der Waals surface area contributed by atoms with E-state index in [0.717, 1.165) is 17.4 Å². The summed E-state index contributed by atoms with van der Waals surface area (Å²) in [4.78, 5) is 1.95. The third kappa shape index (κ3) is 3.64. The quantitative estimate of drug-likeness (QED) is 0.867. The molecule has 1 unspecified atom stereocenters. The number of halogens is 3. The van der Waals surface area contributed by atoms with Gasteiger partial charge in [-0.15, -0.1) is 0 Å². The highest BCUT2D eigenvalue weighted by molar-refractivity contribution is 6.31. The Bertz CT molecular complexity index is 644. The van der Waals surface area contributed by atoms with Gasteiger partial charge in [0.05, 0.1) is 11.4 Å². The fourth-order valence-electron chi connectivity index (χ4n) is 2.11. The normalized spacial score (nSPS) is 12.1. The Kier molecular flexibility index (Phi) is 4.68. The first-order valence-corrected chi connectivity index (χ1v) is 6.94. The van der Waals surface area contributed by atoms with E-state index in [4.69, 9.17) is 11.6 Å². The van der Waals surface area contributed by atoms with Crippen molar-refractivity contribution >= 4 is 23.0 Å². The van der Waals surface area contributed by atoms with E-state index < -0.39 is 11.6 Å². The summed E-state index contributed by atoms with van der Waals surface area (Å²) in [5.74, 6) is -1.69. The molecular weight excluding hydrogens is 294 g/mol. The van der Waals surface area contributed by atoms with E-state index in [9.17, 15) is 8.78 Å². The van der Waals surface area contributed by atoms with Crippen molar-refractivity contribution in [1.29, 1.82) is 0 Å². The van der Waals surface area contributed by atoms with Gasteiger partial charge in [0.1, 0.15) is 0 Å². The molecule has 0 heterocycles. The molecule has 0 aliphatic rings. The molecule has 2 nitrogen and oxygen atoms in total. The smallest absolute Gasteiger partial charge is 0.159 e. The molecule has 0 saturated carbocycles. The largest absolute Gasteiger partial charge is 0.377 e. The number of nitrogens with zero attached hydrogens (tertiary/aromatic N) is 1. The maximum absolute atomic E-state index is 13.3. The molecule has 1 N–H and O–H groups in total. The molecule has 0 aliphatic heterocycles. The second-order valence-corrected chi connectivity index (χ2v) is 5.53. The van der Waals surface area contributed by atoms with Crippen LogP contribution in [0.4, 0.5) is 20.2 Å². The van der Waals surface area contributed by atoms with Gasteiger partial charge in [0.15, 0.2) is 11.6 Å². The molecule has 0 radical (unpaired) electrons. The van der Waals surface area contributed by atoms with E-state index in [1.807, 2.05) is 44.1 Å². The summed E-state index contributed by atoms with van der Waals surface area (Å²) in [6, 6.07) is 9.24. The second kappa shape index (κ2) is 6.31. The Morgan fingerprint density at radius 3 is 2.38 bits per heavy atom. The minimum atomic E-state index is -0.847. The van der Waals surface area contributed by atoms with Gasteiger partial charge < -0.3 is 10.2 Å². The summed E-state index contributed by atoms with van der Waals surface area (Å²) in [5, 5.41) is 3.89. The summed E-state index contributed by atoms with van der Waals surface area (Å²) in [6.45, 7) is 1.88. The molecule has 0 bridgehead atoms. The van der Waals surface area contributed by atoms with Gasteiger partial charge in [0, 0.05) is 25.2 Å². The van der Waals surface area contributed by atoms with Gasteiger partial charge in [-0.3, -0.25) is 0 Å². The third-order valence-electron chi connectivity index (χ3n) is 3.26. The van der Waals surface area contributed by atoms with Gasteiger partial charge >= 0.3 is 0 Å².